The third kappa shape index (κ3) is 6.38. The van der Waals surface area contributed by atoms with Gasteiger partial charge < -0.3 is 20.5 Å². The molecule has 0 fully saturated rings. The van der Waals surface area contributed by atoms with E-state index in [0.717, 1.165) is 18.1 Å². The maximum absolute atomic E-state index is 9.92. The first-order chi connectivity index (χ1) is 9.85. The van der Waals surface area contributed by atoms with Gasteiger partial charge >= 0.3 is 0 Å². The summed E-state index contributed by atoms with van der Waals surface area (Å²) in [7, 11) is 1.58. The molecule has 1 aromatic rings. The van der Waals surface area contributed by atoms with Gasteiger partial charge in [-0.2, -0.15) is 0 Å². The highest BCUT2D eigenvalue weighted by atomic mass is 16.5. The van der Waals surface area contributed by atoms with Crippen molar-refractivity contribution in [3.63, 3.8) is 0 Å². The maximum atomic E-state index is 9.92. The summed E-state index contributed by atoms with van der Waals surface area (Å²) in [6.07, 6.45) is 0.677. The van der Waals surface area contributed by atoms with Crippen LogP contribution in [0.4, 0.5) is 0 Å². The van der Waals surface area contributed by atoms with E-state index in [-0.39, 0.29) is 11.3 Å². The first-order valence-corrected chi connectivity index (χ1v) is 7.28. The molecule has 118 valence electrons. The molecule has 0 bridgehead atoms. The number of phenols is 1. The number of hydrogen-bond donors (Lipinski definition) is 3. The molecule has 0 amide bonds. The summed E-state index contributed by atoms with van der Waals surface area (Å²) in [6.45, 7) is 9.73. The van der Waals surface area contributed by atoms with Crippen LogP contribution in [0.2, 0.25) is 0 Å². The summed E-state index contributed by atoms with van der Waals surface area (Å²) in [5.41, 5.74) is 0.828. The van der Waals surface area contributed by atoms with Crippen molar-refractivity contribution in [2.75, 3.05) is 20.2 Å². The number of guanidine groups is 1. The van der Waals surface area contributed by atoms with Crippen molar-refractivity contribution in [2.45, 2.75) is 39.7 Å². The molecule has 0 aliphatic heterocycles. The van der Waals surface area contributed by atoms with E-state index >= 15 is 0 Å². The molecule has 0 aliphatic carbocycles. The van der Waals surface area contributed by atoms with E-state index in [0.29, 0.717) is 18.7 Å². The van der Waals surface area contributed by atoms with Crippen LogP contribution in [-0.2, 0) is 6.42 Å². The average molecular weight is 293 g/mol. The van der Waals surface area contributed by atoms with Crippen molar-refractivity contribution < 1.29 is 9.84 Å². The molecule has 0 radical (unpaired) electrons. The highest BCUT2D eigenvalue weighted by molar-refractivity contribution is 5.80. The molecular weight excluding hydrogens is 266 g/mol. The number of nitrogens with zero attached hydrogens (tertiary/aromatic N) is 1. The van der Waals surface area contributed by atoms with Crippen LogP contribution in [0.3, 0.4) is 0 Å². The van der Waals surface area contributed by atoms with Gasteiger partial charge in [0.05, 0.1) is 7.11 Å². The van der Waals surface area contributed by atoms with Gasteiger partial charge in [0, 0.05) is 24.7 Å². The van der Waals surface area contributed by atoms with Crippen molar-refractivity contribution in [1.29, 1.82) is 0 Å². The Bertz CT molecular complexity index is 479. The van der Waals surface area contributed by atoms with Crippen molar-refractivity contribution in [2.24, 2.45) is 4.99 Å². The first kappa shape index (κ1) is 17.1. The molecule has 5 nitrogen and oxygen atoms in total. The molecule has 0 aromatic heterocycles. The van der Waals surface area contributed by atoms with Crippen molar-refractivity contribution in [3.05, 3.63) is 23.8 Å². The zero-order valence-electron chi connectivity index (χ0n) is 13.7. The summed E-state index contributed by atoms with van der Waals surface area (Å²) in [5.74, 6) is 1.69. The molecule has 0 spiro atoms. The van der Waals surface area contributed by atoms with Crippen molar-refractivity contribution in [3.8, 4) is 11.5 Å². The van der Waals surface area contributed by atoms with Gasteiger partial charge in [-0.1, -0.05) is 6.07 Å². The van der Waals surface area contributed by atoms with E-state index in [1.807, 2.05) is 19.1 Å². The number of benzene rings is 1. The van der Waals surface area contributed by atoms with E-state index in [4.69, 9.17) is 4.74 Å². The fourth-order valence-electron chi connectivity index (χ4n) is 1.83. The van der Waals surface area contributed by atoms with Crippen LogP contribution in [-0.4, -0.2) is 36.8 Å². The molecule has 0 saturated carbocycles. The van der Waals surface area contributed by atoms with Gasteiger partial charge in [0.15, 0.2) is 5.96 Å². The summed E-state index contributed by atoms with van der Waals surface area (Å²) in [5, 5.41) is 16.5. The first-order valence-electron chi connectivity index (χ1n) is 7.28. The van der Waals surface area contributed by atoms with Gasteiger partial charge in [-0.3, -0.25) is 4.99 Å². The smallest absolute Gasteiger partial charge is 0.191 e. The molecule has 0 atom stereocenters. The van der Waals surface area contributed by atoms with Gasteiger partial charge in [-0.05, 0) is 45.7 Å². The van der Waals surface area contributed by atoms with Gasteiger partial charge in [0.1, 0.15) is 11.5 Å². The Morgan fingerprint density at radius 2 is 2.05 bits per heavy atom. The fourth-order valence-corrected chi connectivity index (χ4v) is 1.83. The number of aliphatic imine (C=N–C) groups is 1. The Morgan fingerprint density at radius 1 is 1.33 bits per heavy atom. The Morgan fingerprint density at radius 3 is 2.57 bits per heavy atom. The Labute approximate surface area is 127 Å². The number of ether oxygens (including phenoxy) is 1. The number of hydrogen-bond acceptors (Lipinski definition) is 3. The largest absolute Gasteiger partial charge is 0.508 e. The molecule has 21 heavy (non-hydrogen) atoms. The SMILES string of the molecule is CCNC(=NCCc1ccc(OC)cc1O)NC(C)(C)C. The number of rotatable bonds is 5. The quantitative estimate of drug-likeness (QED) is 0.576. The van der Waals surface area contributed by atoms with Gasteiger partial charge in [0.25, 0.3) is 0 Å². The zero-order valence-corrected chi connectivity index (χ0v) is 13.7. The predicted molar refractivity (Wildman–Crippen MR) is 87.2 cm³/mol. The summed E-state index contributed by atoms with van der Waals surface area (Å²) in [4.78, 5) is 4.53. The number of aromatic hydroxyl groups is 1. The van der Waals surface area contributed by atoms with Crippen molar-refractivity contribution in [1.82, 2.24) is 10.6 Å². The molecule has 0 unspecified atom stereocenters. The second kappa shape index (κ2) is 7.76. The maximum Gasteiger partial charge on any atom is 0.191 e. The van der Waals surface area contributed by atoms with E-state index in [9.17, 15) is 5.11 Å². The molecule has 0 aliphatic rings. The summed E-state index contributed by atoms with van der Waals surface area (Å²) < 4.78 is 5.07. The van der Waals surface area contributed by atoms with Crippen LogP contribution in [0.1, 0.15) is 33.3 Å². The van der Waals surface area contributed by atoms with Gasteiger partial charge in [0.2, 0.25) is 0 Å². The molecule has 0 saturated heterocycles. The Kier molecular flexibility index (Phi) is 6.34. The minimum absolute atomic E-state index is 0.0384. The minimum Gasteiger partial charge on any atom is -0.508 e. The molecule has 1 rings (SSSR count). The van der Waals surface area contributed by atoms with E-state index in [2.05, 4.69) is 36.4 Å². The molecule has 5 heteroatoms. The number of phenolic OH excluding ortho intramolecular Hbond substituents is 1. The normalized spacial score (nSPS) is 12.1. The molecule has 3 N–H and O–H groups in total. The fraction of sp³-hybridized carbons (Fsp3) is 0.562. The standard InChI is InChI=1S/C16H27N3O2/c1-6-17-15(19-16(2,3)4)18-10-9-12-7-8-13(21-5)11-14(12)20/h7-8,11,20H,6,9-10H2,1-5H3,(H2,17,18,19). The van der Waals surface area contributed by atoms with Crippen LogP contribution in [0.5, 0.6) is 11.5 Å². The predicted octanol–water partition coefficient (Wildman–Crippen LogP) is 2.30. The van der Waals surface area contributed by atoms with Gasteiger partial charge in [-0.15, -0.1) is 0 Å². The highest BCUT2D eigenvalue weighted by Gasteiger charge is 2.11. The van der Waals surface area contributed by atoms with Crippen LogP contribution in [0.15, 0.2) is 23.2 Å². The van der Waals surface area contributed by atoms with Crippen LogP contribution in [0.25, 0.3) is 0 Å². The lowest BCUT2D eigenvalue weighted by atomic mass is 10.1. The highest BCUT2D eigenvalue weighted by Crippen LogP contribution is 2.23. The third-order valence-corrected chi connectivity index (χ3v) is 2.78. The Hall–Kier alpha value is -1.91. The number of nitrogens with one attached hydrogen (secondary N) is 2. The van der Waals surface area contributed by atoms with Crippen LogP contribution < -0.4 is 15.4 Å². The van der Waals surface area contributed by atoms with Crippen molar-refractivity contribution >= 4 is 5.96 Å². The molecular formula is C16H27N3O2. The number of methoxy groups -OCH3 is 1. The lowest BCUT2D eigenvalue weighted by Gasteiger charge is -2.23. The van der Waals surface area contributed by atoms with Crippen LogP contribution >= 0.6 is 0 Å². The molecule has 0 heterocycles. The minimum atomic E-state index is -0.0384. The average Bonchev–Trinajstić information content (AvgIpc) is 2.39. The third-order valence-electron chi connectivity index (χ3n) is 2.78. The second-order valence-electron chi connectivity index (χ2n) is 5.88. The lowest BCUT2D eigenvalue weighted by Crippen LogP contribution is -2.47. The lowest BCUT2D eigenvalue weighted by molar-refractivity contribution is 0.406. The monoisotopic (exact) mass is 293 g/mol. The Balaban J connectivity index is 2.65. The second-order valence-corrected chi connectivity index (χ2v) is 5.88. The zero-order chi connectivity index (χ0) is 15.9. The van der Waals surface area contributed by atoms with Crippen LogP contribution in [0, 0.1) is 0 Å². The van der Waals surface area contributed by atoms with E-state index in [1.165, 1.54) is 0 Å². The van der Waals surface area contributed by atoms with Gasteiger partial charge in [-0.25, -0.2) is 0 Å². The summed E-state index contributed by atoms with van der Waals surface area (Å²) >= 11 is 0. The topological polar surface area (TPSA) is 65.9 Å². The molecule has 1 aromatic carbocycles. The summed E-state index contributed by atoms with van der Waals surface area (Å²) in [6, 6.07) is 5.34. The van der Waals surface area contributed by atoms with E-state index in [1.54, 1.807) is 13.2 Å². The van der Waals surface area contributed by atoms with E-state index < -0.39 is 0 Å².